The van der Waals surface area contributed by atoms with E-state index in [1.54, 1.807) is 0 Å². The molecule has 1 N–H and O–H groups in total. The number of aryl methyl sites for hydroxylation is 2. The van der Waals surface area contributed by atoms with Crippen LogP contribution in [0.2, 0.25) is 5.02 Å². The second-order valence-corrected chi connectivity index (χ2v) is 11.2. The number of nitriles is 1. The van der Waals surface area contributed by atoms with Crippen LogP contribution in [0.4, 0.5) is 0 Å². The number of nitrogens with zero attached hydrogens (tertiary/aromatic N) is 6. The molecule has 2 aromatic carbocycles. The summed E-state index contributed by atoms with van der Waals surface area (Å²) in [4.78, 5) is 1.96. The third-order valence-electron chi connectivity index (χ3n) is 8.50. The lowest BCUT2D eigenvalue weighted by molar-refractivity contribution is -0.122. The molecule has 190 valence electrons. The van der Waals surface area contributed by atoms with Crippen molar-refractivity contribution in [1.29, 1.82) is 5.26 Å². The molecule has 4 heterocycles. The topological polar surface area (TPSA) is 82.9 Å². The summed E-state index contributed by atoms with van der Waals surface area (Å²) < 4.78 is 3.98. The largest absolute Gasteiger partial charge is 0.371 e. The summed E-state index contributed by atoms with van der Waals surface area (Å²) >= 11 is 6.17. The number of aromatic nitrogens is 4. The van der Waals surface area contributed by atoms with Crippen molar-refractivity contribution in [3.8, 4) is 17.5 Å². The molecule has 0 radical (unpaired) electrons. The smallest absolute Gasteiger partial charge is 0.179 e. The lowest BCUT2D eigenvalue weighted by Crippen LogP contribution is -2.54. The fraction of sp³-hybridized carbons (Fsp3) is 0.414. The average Bonchev–Trinajstić information content (AvgIpc) is 3.50. The van der Waals surface area contributed by atoms with Gasteiger partial charge in [-0.2, -0.15) is 5.26 Å². The average molecular weight is 515 g/mol. The van der Waals surface area contributed by atoms with E-state index in [2.05, 4.69) is 46.2 Å². The highest BCUT2D eigenvalue weighted by atomic mass is 35.5. The van der Waals surface area contributed by atoms with Crippen molar-refractivity contribution >= 4 is 22.5 Å². The zero-order chi connectivity index (χ0) is 25.8. The molecule has 0 bridgehead atoms. The summed E-state index contributed by atoms with van der Waals surface area (Å²) in [5.41, 5.74) is 3.80. The standard InChI is InChI=1S/C29H31ClN6O/c1-3-29-13-7-14-34(19-31)27(29)26-23(22-10-4-5-11-25(22)36(26)28(2,37)18-29)12-15-35-17-24(32-33-35)20-8-6-9-21(30)16-20/h4-6,8-11,16-17,27,37H,3,7,12-15,18H2,1-2H3/t27-,28-,29+/m1/s1. The number of hydrogen-bond acceptors (Lipinski definition) is 5. The highest BCUT2D eigenvalue weighted by Gasteiger charge is 2.55. The van der Waals surface area contributed by atoms with Gasteiger partial charge in [0.15, 0.2) is 6.19 Å². The Morgan fingerprint density at radius 3 is 2.84 bits per heavy atom. The van der Waals surface area contributed by atoms with Gasteiger partial charge in [-0.25, -0.2) is 0 Å². The van der Waals surface area contributed by atoms with Gasteiger partial charge in [-0.15, -0.1) is 5.10 Å². The molecule has 7 nitrogen and oxygen atoms in total. The predicted octanol–water partition coefficient (Wildman–Crippen LogP) is 5.88. The van der Waals surface area contributed by atoms with Gasteiger partial charge in [-0.05, 0) is 56.4 Å². The predicted molar refractivity (Wildman–Crippen MR) is 144 cm³/mol. The van der Waals surface area contributed by atoms with Crippen molar-refractivity contribution in [2.75, 3.05) is 6.54 Å². The van der Waals surface area contributed by atoms with Crippen LogP contribution in [0.25, 0.3) is 22.2 Å². The molecule has 0 aliphatic carbocycles. The van der Waals surface area contributed by atoms with E-state index in [1.165, 1.54) is 5.56 Å². The summed E-state index contributed by atoms with van der Waals surface area (Å²) in [6.45, 7) is 5.52. The van der Waals surface area contributed by atoms with Crippen LogP contribution >= 0.6 is 11.6 Å². The van der Waals surface area contributed by atoms with Crippen LogP contribution in [0.15, 0.2) is 54.7 Å². The molecule has 2 aliphatic heterocycles. The van der Waals surface area contributed by atoms with E-state index in [4.69, 9.17) is 11.6 Å². The van der Waals surface area contributed by atoms with Gasteiger partial charge in [0.2, 0.25) is 0 Å². The van der Waals surface area contributed by atoms with Crippen LogP contribution in [0, 0.1) is 16.9 Å². The Kier molecular flexibility index (Phi) is 5.78. The normalized spacial score (nSPS) is 25.1. The van der Waals surface area contributed by atoms with Crippen LogP contribution < -0.4 is 0 Å². The van der Waals surface area contributed by atoms with Crippen molar-refractivity contribution in [3.05, 3.63) is 71.0 Å². The molecule has 6 rings (SSSR count). The van der Waals surface area contributed by atoms with E-state index < -0.39 is 5.72 Å². The molecule has 4 aromatic rings. The van der Waals surface area contributed by atoms with Crippen LogP contribution in [-0.4, -0.2) is 36.1 Å². The van der Waals surface area contributed by atoms with Gasteiger partial charge < -0.3 is 14.6 Å². The van der Waals surface area contributed by atoms with Crippen LogP contribution in [0.1, 0.15) is 56.8 Å². The molecule has 0 amide bonds. The zero-order valence-corrected chi connectivity index (χ0v) is 22.0. The van der Waals surface area contributed by atoms with Gasteiger partial charge in [-0.3, -0.25) is 4.68 Å². The van der Waals surface area contributed by atoms with E-state index in [9.17, 15) is 10.4 Å². The van der Waals surface area contributed by atoms with E-state index in [1.807, 2.05) is 53.0 Å². The first-order valence-electron chi connectivity index (χ1n) is 13.0. The lowest BCUT2D eigenvalue weighted by atomic mass is 9.63. The molecule has 0 spiro atoms. The fourth-order valence-electron chi connectivity index (χ4n) is 6.98. The number of aliphatic hydroxyl groups is 1. The van der Waals surface area contributed by atoms with Crippen LogP contribution in [0.5, 0.6) is 0 Å². The third kappa shape index (κ3) is 3.82. The van der Waals surface area contributed by atoms with E-state index in [-0.39, 0.29) is 11.5 Å². The number of halogens is 1. The third-order valence-corrected chi connectivity index (χ3v) is 8.73. The first kappa shape index (κ1) is 24.0. The maximum atomic E-state index is 11.9. The summed E-state index contributed by atoms with van der Waals surface area (Å²) in [6.07, 6.45) is 8.69. The molecule has 0 unspecified atom stereocenters. The highest BCUT2D eigenvalue weighted by molar-refractivity contribution is 6.30. The highest BCUT2D eigenvalue weighted by Crippen LogP contribution is 2.59. The van der Waals surface area contributed by atoms with Crippen molar-refractivity contribution in [2.24, 2.45) is 5.41 Å². The molecule has 8 heteroatoms. The molecule has 1 fully saturated rings. The van der Waals surface area contributed by atoms with Gasteiger partial charge in [0, 0.05) is 46.6 Å². The molecule has 37 heavy (non-hydrogen) atoms. The molecule has 0 saturated carbocycles. The minimum atomic E-state index is -1.04. The second kappa shape index (κ2) is 8.90. The lowest BCUT2D eigenvalue weighted by Gasteiger charge is -2.55. The summed E-state index contributed by atoms with van der Waals surface area (Å²) in [7, 11) is 0. The molecular formula is C29H31ClN6O. The van der Waals surface area contributed by atoms with E-state index in [0.717, 1.165) is 53.7 Å². The summed E-state index contributed by atoms with van der Waals surface area (Å²) in [5.74, 6) is 0. The molecular weight excluding hydrogens is 484 g/mol. The zero-order valence-electron chi connectivity index (χ0n) is 21.2. The van der Waals surface area contributed by atoms with Crippen molar-refractivity contribution in [2.45, 2.75) is 64.3 Å². The molecule has 1 saturated heterocycles. The Morgan fingerprint density at radius 2 is 2.05 bits per heavy atom. The van der Waals surface area contributed by atoms with Crippen molar-refractivity contribution < 1.29 is 5.11 Å². The van der Waals surface area contributed by atoms with Crippen molar-refractivity contribution in [1.82, 2.24) is 24.5 Å². The minimum absolute atomic E-state index is 0.0587. The van der Waals surface area contributed by atoms with Crippen LogP contribution in [0.3, 0.4) is 0 Å². The Hall–Kier alpha value is -3.34. The Labute approximate surface area is 221 Å². The first-order valence-corrected chi connectivity index (χ1v) is 13.4. The maximum Gasteiger partial charge on any atom is 0.179 e. The minimum Gasteiger partial charge on any atom is -0.371 e. The molecule has 3 atom stereocenters. The van der Waals surface area contributed by atoms with E-state index >= 15 is 0 Å². The Morgan fingerprint density at radius 1 is 1.22 bits per heavy atom. The number of likely N-dealkylation sites (tertiary alicyclic amines) is 1. The van der Waals surface area contributed by atoms with Gasteiger partial charge >= 0.3 is 0 Å². The van der Waals surface area contributed by atoms with Crippen LogP contribution in [-0.2, 0) is 18.7 Å². The molecule has 2 aromatic heterocycles. The number of para-hydroxylation sites is 1. The Bertz CT molecular complexity index is 1510. The first-order chi connectivity index (χ1) is 17.9. The van der Waals surface area contributed by atoms with Gasteiger partial charge in [0.1, 0.15) is 11.4 Å². The second-order valence-electron chi connectivity index (χ2n) is 10.8. The summed E-state index contributed by atoms with van der Waals surface area (Å²) in [6, 6.07) is 15.9. The maximum absolute atomic E-state index is 11.9. The summed E-state index contributed by atoms with van der Waals surface area (Å²) in [5, 5.41) is 32.6. The fourth-order valence-corrected chi connectivity index (χ4v) is 7.17. The number of rotatable bonds is 5. The number of benzene rings is 2. The van der Waals surface area contributed by atoms with Gasteiger partial charge in [0.05, 0.1) is 17.8 Å². The number of hydrogen-bond donors (Lipinski definition) is 1. The van der Waals surface area contributed by atoms with Gasteiger partial charge in [0.25, 0.3) is 0 Å². The number of fused-ring (bicyclic) bond motifs is 5. The monoisotopic (exact) mass is 514 g/mol. The number of piperidine rings is 1. The van der Waals surface area contributed by atoms with Crippen molar-refractivity contribution in [3.63, 3.8) is 0 Å². The quantitative estimate of drug-likeness (QED) is 0.336. The SMILES string of the molecule is CC[C@@]12CCCN(C#N)[C@@H]1c1c(CCn3cc(-c4cccc(Cl)c4)nn3)c3ccccc3n1[C@](C)(O)C2. The molecule has 2 aliphatic rings. The Balaban J connectivity index is 1.45. The van der Waals surface area contributed by atoms with Gasteiger partial charge in [-0.1, -0.05) is 54.1 Å². The van der Waals surface area contributed by atoms with E-state index in [0.29, 0.717) is 24.4 Å².